The van der Waals surface area contributed by atoms with Crippen molar-refractivity contribution >= 4 is 11.6 Å². The molecule has 1 unspecified atom stereocenters. The molecule has 4 heteroatoms. The van der Waals surface area contributed by atoms with Gasteiger partial charge in [-0.1, -0.05) is 30.7 Å². The van der Waals surface area contributed by atoms with Crippen LogP contribution in [0.2, 0.25) is 5.02 Å². The molecule has 1 aromatic carbocycles. The van der Waals surface area contributed by atoms with Crippen molar-refractivity contribution in [2.45, 2.75) is 32.1 Å². The van der Waals surface area contributed by atoms with E-state index in [4.69, 9.17) is 21.1 Å². The zero-order valence-corrected chi connectivity index (χ0v) is 14.0. The van der Waals surface area contributed by atoms with E-state index in [1.807, 2.05) is 12.1 Å². The second-order valence-electron chi connectivity index (χ2n) is 5.20. The average Bonchev–Trinajstić information content (AvgIpc) is 2.49. The molecule has 0 aromatic heterocycles. The Morgan fingerprint density at radius 2 is 2.10 bits per heavy atom. The maximum atomic E-state index is 6.10. The van der Waals surface area contributed by atoms with Crippen LogP contribution in [0.25, 0.3) is 0 Å². The molecule has 0 saturated carbocycles. The number of ether oxygens (including phenoxy) is 2. The lowest BCUT2D eigenvalue weighted by atomic mass is 9.96. The highest BCUT2D eigenvalue weighted by Crippen LogP contribution is 2.22. The van der Waals surface area contributed by atoms with Gasteiger partial charge in [-0.2, -0.15) is 0 Å². The van der Waals surface area contributed by atoms with Crippen LogP contribution in [0.4, 0.5) is 0 Å². The second-order valence-corrected chi connectivity index (χ2v) is 5.64. The monoisotopic (exact) mass is 313 g/mol. The Balaban J connectivity index is 2.41. The van der Waals surface area contributed by atoms with Crippen LogP contribution in [0.1, 0.15) is 37.7 Å². The van der Waals surface area contributed by atoms with Gasteiger partial charge in [0, 0.05) is 38.5 Å². The van der Waals surface area contributed by atoms with Gasteiger partial charge in [-0.25, -0.2) is 0 Å². The van der Waals surface area contributed by atoms with Gasteiger partial charge in [-0.05, 0) is 49.4 Å². The second kappa shape index (κ2) is 12.0. The van der Waals surface area contributed by atoms with Gasteiger partial charge in [0.15, 0.2) is 0 Å². The van der Waals surface area contributed by atoms with Gasteiger partial charge < -0.3 is 14.8 Å². The molecule has 0 spiro atoms. The van der Waals surface area contributed by atoms with Gasteiger partial charge in [0.25, 0.3) is 0 Å². The average molecular weight is 314 g/mol. The van der Waals surface area contributed by atoms with E-state index in [-0.39, 0.29) is 0 Å². The lowest BCUT2D eigenvalue weighted by molar-refractivity contribution is 0.0980. The zero-order chi connectivity index (χ0) is 15.3. The number of halogens is 1. The smallest absolute Gasteiger partial charge is 0.0487 e. The highest BCUT2D eigenvalue weighted by atomic mass is 35.5. The molecule has 0 radical (unpaired) electrons. The number of hydrogen-bond acceptors (Lipinski definition) is 3. The third kappa shape index (κ3) is 8.42. The largest absolute Gasteiger partial charge is 0.385 e. The molecule has 0 aliphatic heterocycles. The summed E-state index contributed by atoms with van der Waals surface area (Å²) in [6.07, 6.45) is 3.10. The van der Waals surface area contributed by atoms with Crippen molar-refractivity contribution in [1.29, 1.82) is 0 Å². The van der Waals surface area contributed by atoms with Crippen LogP contribution in [-0.2, 0) is 9.47 Å². The van der Waals surface area contributed by atoms with Crippen LogP contribution in [0.3, 0.4) is 0 Å². The summed E-state index contributed by atoms with van der Waals surface area (Å²) in [6.45, 7) is 6.49. The highest BCUT2D eigenvalue weighted by molar-refractivity contribution is 6.30. The number of hydrogen-bond donors (Lipinski definition) is 1. The fourth-order valence-electron chi connectivity index (χ4n) is 2.23. The summed E-state index contributed by atoms with van der Waals surface area (Å²) in [5.74, 6) is 0.442. The van der Waals surface area contributed by atoms with Crippen molar-refractivity contribution in [1.82, 2.24) is 5.32 Å². The molecule has 0 fully saturated rings. The molecule has 0 bridgehead atoms. The summed E-state index contributed by atoms with van der Waals surface area (Å²) in [5, 5.41) is 4.30. The van der Waals surface area contributed by atoms with Gasteiger partial charge >= 0.3 is 0 Å². The minimum atomic E-state index is 0.442. The van der Waals surface area contributed by atoms with Gasteiger partial charge in [0.1, 0.15) is 0 Å². The van der Waals surface area contributed by atoms with Crippen molar-refractivity contribution in [3.05, 3.63) is 34.9 Å². The lowest BCUT2D eigenvalue weighted by Crippen LogP contribution is -2.23. The van der Waals surface area contributed by atoms with Gasteiger partial charge in [0.05, 0.1) is 0 Å². The van der Waals surface area contributed by atoms with Crippen LogP contribution >= 0.6 is 11.6 Å². The standard InChI is InChI=1S/C17H28ClNO2/c1-3-9-19-14-16(8-12-21-11-5-10-20-2)15-6-4-7-17(18)13-15/h4,6-7,13,16,19H,3,5,8-12,14H2,1-2H3. The van der Waals surface area contributed by atoms with Crippen LogP contribution in [0, 0.1) is 0 Å². The topological polar surface area (TPSA) is 30.5 Å². The lowest BCUT2D eigenvalue weighted by Gasteiger charge is -2.18. The summed E-state index contributed by atoms with van der Waals surface area (Å²) in [5.41, 5.74) is 1.28. The number of nitrogens with one attached hydrogen (secondary N) is 1. The number of benzene rings is 1. The summed E-state index contributed by atoms with van der Waals surface area (Å²) < 4.78 is 10.7. The first-order chi connectivity index (χ1) is 10.3. The molecular weight excluding hydrogens is 286 g/mol. The molecule has 0 saturated heterocycles. The first kappa shape index (κ1) is 18.4. The van der Waals surface area contributed by atoms with Gasteiger partial charge in [-0.15, -0.1) is 0 Å². The third-order valence-electron chi connectivity index (χ3n) is 3.39. The summed E-state index contributed by atoms with van der Waals surface area (Å²) in [4.78, 5) is 0. The van der Waals surface area contributed by atoms with E-state index in [0.717, 1.165) is 57.2 Å². The molecule has 1 N–H and O–H groups in total. The Labute approximate surface area is 134 Å². The predicted octanol–water partition coefficient (Wildman–Crippen LogP) is 3.87. The molecule has 1 aromatic rings. The van der Waals surface area contributed by atoms with Crippen LogP contribution in [-0.4, -0.2) is 40.0 Å². The maximum absolute atomic E-state index is 6.10. The maximum Gasteiger partial charge on any atom is 0.0487 e. The molecule has 0 aliphatic rings. The summed E-state index contributed by atoms with van der Waals surface area (Å²) in [6, 6.07) is 8.15. The van der Waals surface area contributed by atoms with Crippen LogP contribution in [0.5, 0.6) is 0 Å². The Morgan fingerprint density at radius 3 is 2.81 bits per heavy atom. The first-order valence-electron chi connectivity index (χ1n) is 7.80. The Hall–Kier alpha value is -0.610. The molecule has 1 rings (SSSR count). The Kier molecular flexibility index (Phi) is 10.5. The van der Waals surface area contributed by atoms with E-state index in [1.54, 1.807) is 7.11 Å². The molecule has 0 aliphatic carbocycles. The molecule has 21 heavy (non-hydrogen) atoms. The first-order valence-corrected chi connectivity index (χ1v) is 8.18. The molecule has 0 heterocycles. The van der Waals surface area contributed by atoms with E-state index in [9.17, 15) is 0 Å². The normalized spacial score (nSPS) is 12.5. The zero-order valence-electron chi connectivity index (χ0n) is 13.2. The number of rotatable bonds is 12. The van der Waals surface area contributed by atoms with Crippen molar-refractivity contribution in [2.75, 3.05) is 40.0 Å². The van der Waals surface area contributed by atoms with E-state index >= 15 is 0 Å². The number of methoxy groups -OCH3 is 1. The van der Waals surface area contributed by atoms with Crippen molar-refractivity contribution in [3.8, 4) is 0 Å². The molecule has 120 valence electrons. The molecule has 0 amide bonds. The minimum Gasteiger partial charge on any atom is -0.385 e. The third-order valence-corrected chi connectivity index (χ3v) is 3.62. The SMILES string of the molecule is CCCNCC(CCOCCCOC)c1cccc(Cl)c1. The molecular formula is C17H28ClNO2. The van der Waals surface area contributed by atoms with E-state index in [2.05, 4.69) is 24.4 Å². The van der Waals surface area contributed by atoms with E-state index < -0.39 is 0 Å². The minimum absolute atomic E-state index is 0.442. The van der Waals surface area contributed by atoms with E-state index in [1.165, 1.54) is 5.56 Å². The van der Waals surface area contributed by atoms with Crippen LogP contribution in [0.15, 0.2) is 24.3 Å². The highest BCUT2D eigenvalue weighted by Gasteiger charge is 2.11. The van der Waals surface area contributed by atoms with Crippen molar-refractivity contribution < 1.29 is 9.47 Å². The van der Waals surface area contributed by atoms with E-state index in [0.29, 0.717) is 5.92 Å². The Morgan fingerprint density at radius 1 is 1.24 bits per heavy atom. The van der Waals surface area contributed by atoms with Gasteiger partial charge in [-0.3, -0.25) is 0 Å². The Bertz CT molecular complexity index is 374. The van der Waals surface area contributed by atoms with Crippen molar-refractivity contribution in [2.24, 2.45) is 0 Å². The molecule has 1 atom stereocenters. The fraction of sp³-hybridized carbons (Fsp3) is 0.647. The van der Waals surface area contributed by atoms with Crippen molar-refractivity contribution in [3.63, 3.8) is 0 Å². The summed E-state index contributed by atoms with van der Waals surface area (Å²) in [7, 11) is 1.72. The molecule has 3 nitrogen and oxygen atoms in total. The van der Waals surface area contributed by atoms with Gasteiger partial charge in [0.2, 0.25) is 0 Å². The predicted molar refractivity (Wildman–Crippen MR) is 89.3 cm³/mol. The van der Waals surface area contributed by atoms with Crippen LogP contribution < -0.4 is 5.32 Å². The fourth-order valence-corrected chi connectivity index (χ4v) is 2.43. The quantitative estimate of drug-likeness (QED) is 0.594. The summed E-state index contributed by atoms with van der Waals surface area (Å²) >= 11 is 6.10.